The van der Waals surface area contributed by atoms with Crippen molar-refractivity contribution in [3.63, 3.8) is 0 Å². The summed E-state index contributed by atoms with van der Waals surface area (Å²) in [5.74, 6) is 0.810. The van der Waals surface area contributed by atoms with E-state index in [0.717, 1.165) is 11.9 Å². The van der Waals surface area contributed by atoms with Crippen LogP contribution in [0.15, 0.2) is 0 Å². The molecule has 0 aromatic heterocycles. The molecule has 0 spiro atoms. The highest BCUT2D eigenvalue weighted by Crippen LogP contribution is 2.23. The van der Waals surface area contributed by atoms with Gasteiger partial charge in [0, 0.05) is 0 Å². The van der Waals surface area contributed by atoms with Gasteiger partial charge in [0.25, 0.3) is 0 Å². The van der Waals surface area contributed by atoms with Gasteiger partial charge < -0.3 is 5.32 Å². The molecule has 1 heterocycles. The molecule has 0 aromatic carbocycles. The molecule has 7 heavy (non-hydrogen) atoms. The van der Waals surface area contributed by atoms with Crippen LogP contribution in [0.1, 0.15) is 6.92 Å². The molecule has 1 nitrogen and oxygen atoms in total. The third-order valence-corrected chi connectivity index (χ3v) is 1.77. The van der Waals surface area contributed by atoms with Crippen molar-refractivity contribution in [3.8, 4) is 0 Å². The van der Waals surface area contributed by atoms with Crippen molar-refractivity contribution in [3.05, 3.63) is 0 Å². The lowest BCUT2D eigenvalue weighted by Crippen LogP contribution is -2.41. The Morgan fingerprint density at radius 2 is 2.43 bits per heavy atom. The van der Waals surface area contributed by atoms with Gasteiger partial charge in [-0.15, -0.1) is 0 Å². The van der Waals surface area contributed by atoms with E-state index in [1.165, 1.54) is 6.32 Å². The van der Waals surface area contributed by atoms with Crippen molar-refractivity contribution in [2.75, 3.05) is 7.05 Å². The second kappa shape index (κ2) is 1.87. The Bertz CT molecular complexity index is 63.1. The van der Waals surface area contributed by atoms with Gasteiger partial charge in [-0.05, 0) is 13.1 Å². The van der Waals surface area contributed by atoms with E-state index < -0.39 is 0 Å². The summed E-state index contributed by atoms with van der Waals surface area (Å²) in [5.41, 5.74) is 0. The third kappa shape index (κ3) is 0.803. The first kappa shape index (κ1) is 5.17. The zero-order valence-corrected chi connectivity index (χ0v) is 4.94. The fourth-order valence-electron chi connectivity index (χ4n) is 0.925. The Morgan fingerprint density at radius 1 is 1.71 bits per heavy atom. The average molecular weight is 96.0 g/mol. The Kier molecular flexibility index (Phi) is 1.38. The molecule has 0 bridgehead atoms. The maximum absolute atomic E-state index is 3.22. The third-order valence-electron chi connectivity index (χ3n) is 1.77. The molecule has 0 aliphatic carbocycles. The van der Waals surface area contributed by atoms with Crippen LogP contribution in [0.5, 0.6) is 0 Å². The summed E-state index contributed by atoms with van der Waals surface area (Å²) in [6.45, 7) is 2.24. The average Bonchev–Trinajstić information content (AvgIpc) is 1.65. The molecule has 1 N–H and O–H groups in total. The lowest BCUT2D eigenvalue weighted by Gasteiger charge is -2.32. The zero-order chi connectivity index (χ0) is 5.28. The van der Waals surface area contributed by atoms with Crippen LogP contribution in [-0.4, -0.2) is 20.4 Å². The lowest BCUT2D eigenvalue weighted by atomic mass is 9.46. The van der Waals surface area contributed by atoms with Gasteiger partial charge in [0.15, 0.2) is 0 Å². The lowest BCUT2D eigenvalue weighted by molar-refractivity contribution is 0.539. The van der Waals surface area contributed by atoms with Crippen LogP contribution in [0.2, 0.25) is 12.1 Å². The van der Waals surface area contributed by atoms with Gasteiger partial charge in [0.1, 0.15) is 7.28 Å². The van der Waals surface area contributed by atoms with Gasteiger partial charge in [0.2, 0.25) is 0 Å². The van der Waals surface area contributed by atoms with E-state index in [1.807, 2.05) is 7.05 Å². The molecule has 0 amide bonds. The molecule has 0 aromatic rings. The Hall–Kier alpha value is 0.0249. The highest BCUT2D eigenvalue weighted by molar-refractivity contribution is 6.42. The second-order valence-corrected chi connectivity index (χ2v) is 2.23. The number of nitrogens with one attached hydrogen (secondary N) is 1. The molecule has 2 atom stereocenters. The quantitative estimate of drug-likeness (QED) is 0.469. The van der Waals surface area contributed by atoms with E-state index in [2.05, 4.69) is 19.5 Å². The number of hydrogen-bond donors (Lipinski definition) is 1. The van der Waals surface area contributed by atoms with Crippen molar-refractivity contribution in [2.24, 2.45) is 0 Å². The smallest absolute Gasteiger partial charge is 0.117 e. The molecule has 1 fully saturated rings. The van der Waals surface area contributed by atoms with Crippen LogP contribution in [-0.2, 0) is 0 Å². The summed E-state index contributed by atoms with van der Waals surface area (Å²) in [5, 5.41) is 3.22. The van der Waals surface area contributed by atoms with Crippen LogP contribution >= 0.6 is 0 Å². The van der Waals surface area contributed by atoms with E-state index in [4.69, 9.17) is 0 Å². The van der Waals surface area contributed by atoms with Gasteiger partial charge in [-0.1, -0.05) is 19.1 Å². The highest BCUT2D eigenvalue weighted by Gasteiger charge is 2.25. The molecule has 2 unspecified atom stereocenters. The first-order valence-corrected chi connectivity index (χ1v) is 2.85. The van der Waals surface area contributed by atoms with E-state index in [0.29, 0.717) is 0 Å². The number of rotatable bonds is 1. The maximum Gasteiger partial charge on any atom is 0.117 e. The minimum absolute atomic E-state index is 0.778. The summed E-state index contributed by atoms with van der Waals surface area (Å²) in [6.07, 6.45) is 1.26. The summed E-state index contributed by atoms with van der Waals surface area (Å²) in [4.78, 5) is 0. The Labute approximate surface area is 45.7 Å². The van der Waals surface area contributed by atoms with Gasteiger partial charge in [-0.25, -0.2) is 0 Å². The molecule has 1 aliphatic rings. The molecule has 1 radical (unpaired) electrons. The maximum atomic E-state index is 3.22. The Morgan fingerprint density at radius 3 is 2.43 bits per heavy atom. The zero-order valence-electron chi connectivity index (χ0n) is 4.94. The minimum Gasteiger partial charge on any atom is -0.318 e. The van der Waals surface area contributed by atoms with Crippen LogP contribution in [0.4, 0.5) is 0 Å². The molecular formula is C5H11BN. The second-order valence-electron chi connectivity index (χ2n) is 2.23. The van der Waals surface area contributed by atoms with Gasteiger partial charge in [-0.2, -0.15) is 0 Å². The van der Waals surface area contributed by atoms with Gasteiger partial charge in [-0.3, -0.25) is 0 Å². The van der Waals surface area contributed by atoms with Gasteiger partial charge >= 0.3 is 0 Å². The molecule has 39 valence electrons. The fourth-order valence-corrected chi connectivity index (χ4v) is 0.925. The summed E-state index contributed by atoms with van der Waals surface area (Å²) in [7, 11) is 4.36. The van der Waals surface area contributed by atoms with E-state index in [-0.39, 0.29) is 0 Å². The topological polar surface area (TPSA) is 12.0 Å². The SMILES string of the molecule is CNC1C[B]C1C. The van der Waals surface area contributed by atoms with E-state index in [1.54, 1.807) is 0 Å². The predicted octanol–water partition coefficient (Wildman–Crippen LogP) is 0.519. The summed E-state index contributed by atoms with van der Waals surface area (Å²) in [6, 6.07) is 0.778. The summed E-state index contributed by atoms with van der Waals surface area (Å²) >= 11 is 0. The molecule has 0 saturated carbocycles. The molecule has 1 saturated heterocycles. The van der Waals surface area contributed by atoms with Crippen molar-refractivity contribution in [2.45, 2.75) is 25.1 Å². The number of hydrogen-bond acceptors (Lipinski definition) is 1. The standard InChI is InChI=1S/C5H11BN/c1-4-5(7-2)3-6-4/h4-5,7H,3H2,1-2H3. The normalized spacial score (nSPS) is 39.1. The fraction of sp³-hybridized carbons (Fsp3) is 1.00. The van der Waals surface area contributed by atoms with E-state index >= 15 is 0 Å². The monoisotopic (exact) mass is 96.1 g/mol. The first-order chi connectivity index (χ1) is 3.34. The van der Waals surface area contributed by atoms with Crippen LogP contribution in [0, 0.1) is 0 Å². The molecular weight excluding hydrogens is 84.9 g/mol. The summed E-state index contributed by atoms with van der Waals surface area (Å²) < 4.78 is 0. The van der Waals surface area contributed by atoms with E-state index in [9.17, 15) is 0 Å². The van der Waals surface area contributed by atoms with Crippen molar-refractivity contribution >= 4 is 7.28 Å². The molecule has 2 heteroatoms. The van der Waals surface area contributed by atoms with Crippen LogP contribution in [0.25, 0.3) is 0 Å². The van der Waals surface area contributed by atoms with Crippen LogP contribution in [0.3, 0.4) is 0 Å². The predicted molar refractivity (Wildman–Crippen MR) is 32.8 cm³/mol. The minimum atomic E-state index is 0.778. The molecule has 1 aliphatic heterocycles. The molecule has 1 rings (SSSR count). The van der Waals surface area contributed by atoms with Crippen molar-refractivity contribution in [1.29, 1.82) is 0 Å². The Balaban J connectivity index is 2.16. The highest BCUT2D eigenvalue weighted by atomic mass is 14.9. The van der Waals surface area contributed by atoms with Gasteiger partial charge in [0.05, 0.1) is 0 Å². The van der Waals surface area contributed by atoms with Crippen LogP contribution < -0.4 is 5.32 Å². The largest absolute Gasteiger partial charge is 0.318 e. The van der Waals surface area contributed by atoms with Crippen molar-refractivity contribution < 1.29 is 0 Å². The first-order valence-electron chi connectivity index (χ1n) is 2.85. The van der Waals surface area contributed by atoms with Crippen molar-refractivity contribution in [1.82, 2.24) is 5.32 Å².